The van der Waals surface area contributed by atoms with Gasteiger partial charge in [0.1, 0.15) is 0 Å². The average Bonchev–Trinajstić information content (AvgIpc) is 3.12. The predicted octanol–water partition coefficient (Wildman–Crippen LogP) is 0.0758. The van der Waals surface area contributed by atoms with E-state index in [0.717, 1.165) is 39.0 Å². The smallest absolute Gasteiger partial charge is 0.320 e. The molecule has 3 rings (SSSR count). The Bertz CT molecular complexity index is 484. The molecule has 122 valence electrons. The molecule has 7 nitrogen and oxygen atoms in total. The highest BCUT2D eigenvalue weighted by molar-refractivity contribution is 5.76. The van der Waals surface area contributed by atoms with Crippen molar-refractivity contribution in [3.63, 3.8) is 0 Å². The van der Waals surface area contributed by atoms with E-state index in [1.165, 1.54) is 0 Å². The van der Waals surface area contributed by atoms with E-state index in [1.807, 2.05) is 24.2 Å². The molecule has 3 heterocycles. The molecule has 22 heavy (non-hydrogen) atoms. The molecule has 0 aromatic carbocycles. The highest BCUT2D eigenvalue weighted by Gasteiger charge is 2.33. The predicted molar refractivity (Wildman–Crippen MR) is 82.4 cm³/mol. The lowest BCUT2D eigenvalue weighted by molar-refractivity contribution is 0.0681. The van der Waals surface area contributed by atoms with E-state index in [4.69, 9.17) is 0 Å². The van der Waals surface area contributed by atoms with E-state index < -0.39 is 6.10 Å². The van der Waals surface area contributed by atoms with Crippen molar-refractivity contribution in [2.45, 2.75) is 31.5 Å². The van der Waals surface area contributed by atoms with Crippen LogP contribution in [-0.4, -0.2) is 87.5 Å². The molecule has 0 spiro atoms. The number of β-amino-alcohol motifs (C(OH)–C–C–N with tert-alkyl or cyclic N) is 1. The lowest BCUT2D eigenvalue weighted by Gasteiger charge is -2.37. The molecule has 2 aliphatic heterocycles. The van der Waals surface area contributed by atoms with Crippen LogP contribution >= 0.6 is 0 Å². The van der Waals surface area contributed by atoms with Gasteiger partial charge in [0.15, 0.2) is 0 Å². The van der Waals surface area contributed by atoms with Crippen molar-refractivity contribution in [2.24, 2.45) is 0 Å². The third kappa shape index (κ3) is 3.41. The normalized spacial score (nSPS) is 22.5. The fourth-order valence-corrected chi connectivity index (χ4v) is 3.40. The number of carbonyl (C=O) groups is 1. The lowest BCUT2D eigenvalue weighted by atomic mass is 10.0. The van der Waals surface area contributed by atoms with Crippen LogP contribution in [0.1, 0.15) is 12.8 Å². The first-order valence-electron chi connectivity index (χ1n) is 8.03. The van der Waals surface area contributed by atoms with Crippen molar-refractivity contribution in [3.8, 4) is 0 Å². The number of urea groups is 1. The number of aliphatic hydroxyl groups excluding tert-OH is 1. The van der Waals surface area contributed by atoms with Crippen LogP contribution in [0.4, 0.5) is 4.79 Å². The number of hydrogen-bond donors (Lipinski definition) is 1. The quantitative estimate of drug-likeness (QED) is 0.836. The summed E-state index contributed by atoms with van der Waals surface area (Å²) in [6, 6.07) is 2.39. The first-order valence-corrected chi connectivity index (χ1v) is 8.03. The van der Waals surface area contributed by atoms with Gasteiger partial charge >= 0.3 is 6.03 Å². The van der Waals surface area contributed by atoms with Crippen LogP contribution in [0.15, 0.2) is 18.5 Å². The molecule has 0 bridgehead atoms. The summed E-state index contributed by atoms with van der Waals surface area (Å²) in [7, 11) is 1.86. The van der Waals surface area contributed by atoms with E-state index in [2.05, 4.69) is 10.00 Å². The first-order chi connectivity index (χ1) is 10.6. The van der Waals surface area contributed by atoms with Gasteiger partial charge in [0.2, 0.25) is 0 Å². The number of likely N-dealkylation sites (tertiary alicyclic amines) is 1. The van der Waals surface area contributed by atoms with Gasteiger partial charge in [-0.1, -0.05) is 0 Å². The molecule has 1 aromatic heterocycles. The number of nitrogens with zero attached hydrogens (tertiary/aromatic N) is 5. The molecule has 1 aromatic rings. The van der Waals surface area contributed by atoms with Crippen LogP contribution in [-0.2, 0) is 6.54 Å². The van der Waals surface area contributed by atoms with Crippen molar-refractivity contribution in [1.29, 1.82) is 0 Å². The van der Waals surface area contributed by atoms with Gasteiger partial charge in [-0.3, -0.25) is 4.68 Å². The van der Waals surface area contributed by atoms with E-state index >= 15 is 0 Å². The zero-order chi connectivity index (χ0) is 15.5. The van der Waals surface area contributed by atoms with Crippen LogP contribution in [0.3, 0.4) is 0 Å². The Morgan fingerprint density at radius 3 is 2.64 bits per heavy atom. The van der Waals surface area contributed by atoms with Gasteiger partial charge in [-0.15, -0.1) is 0 Å². The summed E-state index contributed by atoms with van der Waals surface area (Å²) in [5, 5.41) is 14.3. The minimum Gasteiger partial charge on any atom is -0.390 e. The molecule has 2 fully saturated rings. The Balaban J connectivity index is 1.43. The summed E-state index contributed by atoms with van der Waals surface area (Å²) in [6.45, 7) is 4.76. The largest absolute Gasteiger partial charge is 0.390 e. The number of aromatic nitrogens is 2. The first kappa shape index (κ1) is 15.3. The number of aliphatic hydroxyl groups is 1. The highest BCUT2D eigenvalue weighted by atomic mass is 16.3. The van der Waals surface area contributed by atoms with Gasteiger partial charge in [0.05, 0.1) is 12.6 Å². The van der Waals surface area contributed by atoms with Gasteiger partial charge < -0.3 is 19.8 Å². The number of likely N-dealkylation sites (N-methyl/N-ethyl adjacent to an activating group) is 1. The number of amides is 2. The molecule has 0 aliphatic carbocycles. The molecule has 2 saturated heterocycles. The highest BCUT2D eigenvalue weighted by Crippen LogP contribution is 2.20. The topological polar surface area (TPSA) is 64.8 Å². The van der Waals surface area contributed by atoms with Gasteiger partial charge in [0.25, 0.3) is 0 Å². The Morgan fingerprint density at radius 1 is 1.27 bits per heavy atom. The summed E-state index contributed by atoms with van der Waals surface area (Å²) in [6.07, 6.45) is 5.17. The Kier molecular flexibility index (Phi) is 4.63. The monoisotopic (exact) mass is 307 g/mol. The standard InChI is InChI=1S/C15H25N5O2/c1-17-9-10-20(15(17)22)13-3-7-18(8-4-13)11-14(21)12-19-6-2-5-16-19/h2,5-6,13-14,21H,3-4,7-12H2,1H3. The molecule has 0 saturated carbocycles. The van der Waals surface area contributed by atoms with E-state index in [0.29, 0.717) is 19.1 Å². The maximum absolute atomic E-state index is 12.0. The van der Waals surface area contributed by atoms with Gasteiger partial charge in [-0.25, -0.2) is 4.79 Å². The fraction of sp³-hybridized carbons (Fsp3) is 0.733. The summed E-state index contributed by atoms with van der Waals surface area (Å²) in [5.74, 6) is 0. The second-order valence-electron chi connectivity index (χ2n) is 6.31. The molecule has 2 amide bonds. The molecular weight excluding hydrogens is 282 g/mol. The van der Waals surface area contributed by atoms with Crippen molar-refractivity contribution in [2.75, 3.05) is 39.8 Å². The second-order valence-corrected chi connectivity index (χ2v) is 6.31. The third-order valence-electron chi connectivity index (χ3n) is 4.67. The lowest BCUT2D eigenvalue weighted by Crippen LogP contribution is -2.48. The zero-order valence-electron chi connectivity index (χ0n) is 13.1. The zero-order valence-corrected chi connectivity index (χ0v) is 13.1. The van der Waals surface area contributed by atoms with Gasteiger partial charge in [-0.2, -0.15) is 5.10 Å². The maximum atomic E-state index is 12.0. The summed E-state index contributed by atoms with van der Waals surface area (Å²) in [5.41, 5.74) is 0. The van der Waals surface area contributed by atoms with Gasteiger partial charge in [0, 0.05) is 58.2 Å². The fourth-order valence-electron chi connectivity index (χ4n) is 3.40. The Morgan fingerprint density at radius 2 is 2.05 bits per heavy atom. The van der Waals surface area contributed by atoms with Crippen LogP contribution < -0.4 is 0 Å². The SMILES string of the molecule is CN1CCN(C2CCN(CC(O)Cn3cccn3)CC2)C1=O. The molecule has 1 atom stereocenters. The Labute approximate surface area is 131 Å². The van der Waals surface area contributed by atoms with Crippen LogP contribution in [0.2, 0.25) is 0 Å². The van der Waals surface area contributed by atoms with Crippen molar-refractivity contribution in [1.82, 2.24) is 24.5 Å². The number of carbonyl (C=O) groups excluding carboxylic acids is 1. The molecule has 2 aliphatic rings. The Hall–Kier alpha value is -1.60. The number of rotatable bonds is 5. The number of hydrogen-bond acceptors (Lipinski definition) is 4. The molecule has 1 N–H and O–H groups in total. The molecule has 1 unspecified atom stereocenters. The maximum Gasteiger partial charge on any atom is 0.320 e. The minimum absolute atomic E-state index is 0.164. The molecular formula is C15H25N5O2. The van der Waals surface area contributed by atoms with E-state index in [9.17, 15) is 9.90 Å². The average molecular weight is 307 g/mol. The summed E-state index contributed by atoms with van der Waals surface area (Å²) >= 11 is 0. The van der Waals surface area contributed by atoms with Crippen molar-refractivity contribution in [3.05, 3.63) is 18.5 Å². The van der Waals surface area contributed by atoms with Crippen molar-refractivity contribution < 1.29 is 9.90 Å². The minimum atomic E-state index is -0.406. The molecule has 7 heteroatoms. The van der Waals surface area contributed by atoms with Gasteiger partial charge in [-0.05, 0) is 18.9 Å². The van der Waals surface area contributed by atoms with E-state index in [-0.39, 0.29) is 6.03 Å². The van der Waals surface area contributed by atoms with E-state index in [1.54, 1.807) is 15.8 Å². The summed E-state index contributed by atoms with van der Waals surface area (Å²) < 4.78 is 1.76. The summed E-state index contributed by atoms with van der Waals surface area (Å²) in [4.78, 5) is 18.1. The van der Waals surface area contributed by atoms with Crippen molar-refractivity contribution >= 4 is 6.03 Å². The third-order valence-corrected chi connectivity index (χ3v) is 4.67. The second kappa shape index (κ2) is 6.66. The van der Waals surface area contributed by atoms with Crippen LogP contribution in [0, 0.1) is 0 Å². The number of piperidine rings is 1. The van der Waals surface area contributed by atoms with Crippen LogP contribution in [0.25, 0.3) is 0 Å². The molecule has 0 radical (unpaired) electrons. The van der Waals surface area contributed by atoms with Crippen LogP contribution in [0.5, 0.6) is 0 Å².